The van der Waals surface area contributed by atoms with Crippen LogP contribution in [0.4, 0.5) is 0 Å². The predicted molar refractivity (Wildman–Crippen MR) is 49.7 cm³/mol. The van der Waals surface area contributed by atoms with Crippen LogP contribution in [0, 0.1) is 5.92 Å². The van der Waals surface area contributed by atoms with Crippen molar-refractivity contribution >= 4 is 0 Å². The van der Waals surface area contributed by atoms with Crippen LogP contribution in [0.3, 0.4) is 0 Å². The van der Waals surface area contributed by atoms with E-state index in [2.05, 4.69) is 25.8 Å². The fourth-order valence-electron chi connectivity index (χ4n) is 1.53. The molecule has 1 atom stereocenters. The quantitative estimate of drug-likeness (QED) is 0.589. The van der Waals surface area contributed by atoms with E-state index in [4.69, 9.17) is 0 Å². The second-order valence-electron chi connectivity index (χ2n) is 4.02. The van der Waals surface area contributed by atoms with E-state index in [0.717, 1.165) is 12.0 Å². The molecule has 1 rings (SSSR count). The molecule has 0 N–H and O–H groups in total. The van der Waals surface area contributed by atoms with Gasteiger partial charge in [-0.15, -0.1) is 0 Å². The summed E-state index contributed by atoms with van der Waals surface area (Å²) in [6.45, 7) is 5.94. The Morgan fingerprint density at radius 2 is 2.09 bits per heavy atom. The maximum absolute atomic E-state index is 2.52. The van der Waals surface area contributed by atoms with Gasteiger partial charge in [-0.2, -0.15) is 0 Å². The molecule has 1 heteroatoms. The second kappa shape index (κ2) is 4.10. The molecule has 1 unspecified atom stereocenters. The first kappa shape index (κ1) is 9.05. The largest absolute Gasteiger partial charge is 0.303 e. The van der Waals surface area contributed by atoms with Gasteiger partial charge in [-0.1, -0.05) is 13.3 Å². The summed E-state index contributed by atoms with van der Waals surface area (Å²) in [6.07, 6.45) is 5.62. The third-order valence-corrected chi connectivity index (χ3v) is 2.70. The Morgan fingerprint density at radius 1 is 1.45 bits per heavy atom. The summed E-state index contributed by atoms with van der Waals surface area (Å²) in [6, 6.07) is 0.792. The smallest absolute Gasteiger partial charge is 0.00638 e. The lowest BCUT2D eigenvalue weighted by atomic mass is 10.1. The van der Waals surface area contributed by atoms with Gasteiger partial charge in [-0.25, -0.2) is 0 Å². The van der Waals surface area contributed by atoms with Gasteiger partial charge in [0.05, 0.1) is 0 Å². The van der Waals surface area contributed by atoms with Crippen LogP contribution in [-0.2, 0) is 0 Å². The van der Waals surface area contributed by atoms with Crippen molar-refractivity contribution in [2.24, 2.45) is 5.92 Å². The molecule has 66 valence electrons. The zero-order valence-corrected chi connectivity index (χ0v) is 8.14. The van der Waals surface area contributed by atoms with Gasteiger partial charge in [0.1, 0.15) is 0 Å². The van der Waals surface area contributed by atoms with Gasteiger partial charge in [0, 0.05) is 12.6 Å². The van der Waals surface area contributed by atoms with Gasteiger partial charge >= 0.3 is 0 Å². The van der Waals surface area contributed by atoms with E-state index >= 15 is 0 Å². The molecule has 11 heavy (non-hydrogen) atoms. The number of hydrogen-bond acceptors (Lipinski definition) is 1. The maximum atomic E-state index is 2.52. The molecular formula is C10H21N. The van der Waals surface area contributed by atoms with Crippen LogP contribution < -0.4 is 0 Å². The summed E-state index contributed by atoms with van der Waals surface area (Å²) in [5, 5.41) is 0. The minimum Gasteiger partial charge on any atom is -0.303 e. The molecule has 1 saturated carbocycles. The van der Waals surface area contributed by atoms with E-state index in [-0.39, 0.29) is 0 Å². The van der Waals surface area contributed by atoms with Crippen LogP contribution in [0.1, 0.15) is 39.5 Å². The van der Waals surface area contributed by atoms with Crippen molar-refractivity contribution < 1.29 is 0 Å². The van der Waals surface area contributed by atoms with Crippen LogP contribution in [0.5, 0.6) is 0 Å². The highest BCUT2D eigenvalue weighted by Gasteiger charge is 2.24. The molecule has 0 spiro atoms. The molecule has 0 aromatic heterocycles. The summed E-state index contributed by atoms with van der Waals surface area (Å²) in [5.41, 5.74) is 0. The molecule has 0 saturated heterocycles. The fourth-order valence-corrected chi connectivity index (χ4v) is 1.53. The van der Waals surface area contributed by atoms with E-state index in [1.807, 2.05) is 0 Å². The average molecular weight is 155 g/mol. The standard InChI is InChI=1S/C10H21N/c1-4-5-9(2)11(3)8-10-6-7-10/h9-10H,4-8H2,1-3H3. The lowest BCUT2D eigenvalue weighted by Crippen LogP contribution is -2.30. The third-order valence-electron chi connectivity index (χ3n) is 2.70. The summed E-state index contributed by atoms with van der Waals surface area (Å²) < 4.78 is 0. The normalized spacial score (nSPS) is 20.7. The molecule has 0 heterocycles. The van der Waals surface area contributed by atoms with Gasteiger partial charge in [0.25, 0.3) is 0 Å². The summed E-state index contributed by atoms with van der Waals surface area (Å²) in [4.78, 5) is 2.52. The predicted octanol–water partition coefficient (Wildman–Crippen LogP) is 2.52. The van der Waals surface area contributed by atoms with Crippen molar-refractivity contribution in [2.45, 2.75) is 45.6 Å². The second-order valence-corrected chi connectivity index (χ2v) is 4.02. The molecule has 0 aromatic rings. The molecule has 0 bridgehead atoms. The van der Waals surface area contributed by atoms with E-state index in [9.17, 15) is 0 Å². The van der Waals surface area contributed by atoms with Gasteiger partial charge in [0.2, 0.25) is 0 Å². The van der Waals surface area contributed by atoms with Crippen molar-refractivity contribution in [1.82, 2.24) is 4.90 Å². The summed E-state index contributed by atoms with van der Waals surface area (Å²) >= 11 is 0. The Labute approximate surface area is 70.8 Å². The minimum absolute atomic E-state index is 0.792. The van der Waals surface area contributed by atoms with Crippen LogP contribution in [0.15, 0.2) is 0 Å². The fraction of sp³-hybridized carbons (Fsp3) is 1.00. The molecule has 1 aliphatic rings. The molecule has 0 aliphatic heterocycles. The molecular weight excluding hydrogens is 134 g/mol. The van der Waals surface area contributed by atoms with Crippen molar-refractivity contribution in [1.29, 1.82) is 0 Å². The third kappa shape index (κ3) is 3.24. The molecule has 0 amide bonds. The van der Waals surface area contributed by atoms with E-state index in [1.165, 1.54) is 32.2 Å². The molecule has 0 aromatic carbocycles. The van der Waals surface area contributed by atoms with E-state index in [1.54, 1.807) is 0 Å². The van der Waals surface area contributed by atoms with Crippen molar-refractivity contribution in [3.8, 4) is 0 Å². The summed E-state index contributed by atoms with van der Waals surface area (Å²) in [7, 11) is 2.26. The Hall–Kier alpha value is -0.0400. The average Bonchev–Trinajstić information content (AvgIpc) is 2.72. The highest BCUT2D eigenvalue weighted by molar-refractivity contribution is 4.77. The number of hydrogen-bond donors (Lipinski definition) is 0. The van der Waals surface area contributed by atoms with Crippen LogP contribution in [-0.4, -0.2) is 24.5 Å². The Morgan fingerprint density at radius 3 is 2.55 bits per heavy atom. The monoisotopic (exact) mass is 155 g/mol. The van der Waals surface area contributed by atoms with Crippen LogP contribution >= 0.6 is 0 Å². The maximum Gasteiger partial charge on any atom is 0.00638 e. The van der Waals surface area contributed by atoms with Crippen LogP contribution in [0.25, 0.3) is 0 Å². The Balaban J connectivity index is 2.10. The minimum atomic E-state index is 0.792. The highest BCUT2D eigenvalue weighted by atomic mass is 15.1. The number of rotatable bonds is 5. The van der Waals surface area contributed by atoms with Crippen molar-refractivity contribution in [2.75, 3.05) is 13.6 Å². The van der Waals surface area contributed by atoms with Gasteiger partial charge < -0.3 is 4.90 Å². The first-order valence-electron chi connectivity index (χ1n) is 4.94. The van der Waals surface area contributed by atoms with Crippen LogP contribution in [0.2, 0.25) is 0 Å². The Kier molecular flexibility index (Phi) is 3.38. The molecule has 0 radical (unpaired) electrons. The summed E-state index contributed by atoms with van der Waals surface area (Å²) in [5.74, 6) is 1.04. The lowest BCUT2D eigenvalue weighted by molar-refractivity contribution is 0.235. The Bertz CT molecular complexity index is 107. The SMILES string of the molecule is CCCC(C)N(C)CC1CC1. The lowest BCUT2D eigenvalue weighted by Gasteiger charge is -2.23. The van der Waals surface area contributed by atoms with Gasteiger partial charge in [0.15, 0.2) is 0 Å². The zero-order valence-electron chi connectivity index (χ0n) is 8.14. The highest BCUT2D eigenvalue weighted by Crippen LogP contribution is 2.29. The molecule has 1 nitrogen and oxygen atoms in total. The van der Waals surface area contributed by atoms with Gasteiger partial charge in [-0.05, 0) is 39.2 Å². The molecule has 1 aliphatic carbocycles. The topological polar surface area (TPSA) is 3.24 Å². The molecule has 1 fully saturated rings. The van der Waals surface area contributed by atoms with E-state index < -0.39 is 0 Å². The first-order chi connectivity index (χ1) is 5.24. The van der Waals surface area contributed by atoms with Gasteiger partial charge in [-0.3, -0.25) is 0 Å². The van der Waals surface area contributed by atoms with Crippen molar-refractivity contribution in [3.63, 3.8) is 0 Å². The first-order valence-corrected chi connectivity index (χ1v) is 4.94. The zero-order chi connectivity index (χ0) is 8.27. The van der Waals surface area contributed by atoms with Crippen molar-refractivity contribution in [3.05, 3.63) is 0 Å². The number of nitrogens with zero attached hydrogens (tertiary/aromatic N) is 1. The van der Waals surface area contributed by atoms with E-state index in [0.29, 0.717) is 0 Å².